The summed E-state index contributed by atoms with van der Waals surface area (Å²) in [5.74, 6) is 0.976. The van der Waals surface area contributed by atoms with Gasteiger partial charge in [0.2, 0.25) is 0 Å². The first-order valence-electron chi connectivity index (χ1n) is 8.27. The molecule has 0 fully saturated rings. The van der Waals surface area contributed by atoms with Crippen molar-refractivity contribution in [1.82, 2.24) is 5.01 Å². The highest BCUT2D eigenvalue weighted by Crippen LogP contribution is 2.35. The molecule has 2 heterocycles. The predicted molar refractivity (Wildman–Crippen MR) is 105 cm³/mol. The molecular formula is C20H17N3O2S. The van der Waals surface area contributed by atoms with E-state index in [1.807, 2.05) is 54.6 Å². The lowest BCUT2D eigenvalue weighted by Gasteiger charge is -2.23. The molecule has 0 saturated carbocycles. The SMILES string of the molecule is Oc1ccccc1C1=NN(C(=S)Nc2ccccc2)[C@H](c2ccco2)C1. The largest absolute Gasteiger partial charge is 0.507 e. The van der Waals surface area contributed by atoms with E-state index in [0.29, 0.717) is 17.1 Å². The van der Waals surface area contributed by atoms with Crippen molar-refractivity contribution in [2.45, 2.75) is 12.5 Å². The van der Waals surface area contributed by atoms with Gasteiger partial charge in [-0.2, -0.15) is 5.10 Å². The number of thiocarbonyl (C=S) groups is 1. The van der Waals surface area contributed by atoms with Crippen LogP contribution in [0.1, 0.15) is 23.8 Å². The van der Waals surface area contributed by atoms with Crippen molar-refractivity contribution in [2.75, 3.05) is 5.32 Å². The average Bonchev–Trinajstić information content (AvgIpc) is 3.32. The fraction of sp³-hybridized carbons (Fsp3) is 0.100. The fourth-order valence-electron chi connectivity index (χ4n) is 2.98. The number of anilines is 1. The number of nitrogens with one attached hydrogen (secondary N) is 1. The molecule has 0 saturated heterocycles. The van der Waals surface area contributed by atoms with Gasteiger partial charge in [-0.05, 0) is 48.6 Å². The summed E-state index contributed by atoms with van der Waals surface area (Å²) in [5.41, 5.74) is 2.36. The van der Waals surface area contributed by atoms with E-state index in [2.05, 4.69) is 10.4 Å². The van der Waals surface area contributed by atoms with Gasteiger partial charge in [-0.3, -0.25) is 0 Å². The van der Waals surface area contributed by atoms with Crippen LogP contribution < -0.4 is 5.32 Å². The molecule has 1 atom stereocenters. The van der Waals surface area contributed by atoms with Gasteiger partial charge in [0, 0.05) is 17.7 Å². The Morgan fingerprint density at radius 2 is 1.85 bits per heavy atom. The summed E-state index contributed by atoms with van der Waals surface area (Å²) >= 11 is 5.59. The van der Waals surface area contributed by atoms with Gasteiger partial charge < -0.3 is 14.8 Å². The molecule has 1 aliphatic rings. The molecule has 0 amide bonds. The Labute approximate surface area is 156 Å². The number of phenols is 1. The summed E-state index contributed by atoms with van der Waals surface area (Å²) in [6, 6.07) is 20.5. The van der Waals surface area contributed by atoms with E-state index >= 15 is 0 Å². The van der Waals surface area contributed by atoms with Crippen molar-refractivity contribution >= 4 is 28.7 Å². The second-order valence-corrected chi connectivity index (χ2v) is 6.33. The molecule has 6 heteroatoms. The molecule has 0 bridgehead atoms. The minimum absolute atomic E-state index is 0.164. The second-order valence-electron chi connectivity index (χ2n) is 5.94. The molecule has 0 radical (unpaired) electrons. The van der Waals surface area contributed by atoms with Crippen LogP contribution in [0, 0.1) is 0 Å². The predicted octanol–water partition coefficient (Wildman–Crippen LogP) is 4.53. The van der Waals surface area contributed by atoms with Crippen LogP contribution >= 0.6 is 12.2 Å². The van der Waals surface area contributed by atoms with Gasteiger partial charge >= 0.3 is 0 Å². The van der Waals surface area contributed by atoms with E-state index < -0.39 is 0 Å². The second kappa shape index (κ2) is 7.01. The lowest BCUT2D eigenvalue weighted by atomic mass is 10.0. The summed E-state index contributed by atoms with van der Waals surface area (Å²) in [6.07, 6.45) is 2.22. The first kappa shape index (κ1) is 16.4. The molecule has 130 valence electrons. The van der Waals surface area contributed by atoms with Crippen LogP contribution in [0.15, 0.2) is 82.5 Å². The molecule has 3 aromatic rings. The minimum atomic E-state index is -0.164. The highest BCUT2D eigenvalue weighted by Gasteiger charge is 2.34. The van der Waals surface area contributed by atoms with Crippen LogP contribution in [0.3, 0.4) is 0 Å². The molecule has 0 unspecified atom stereocenters. The van der Waals surface area contributed by atoms with Crippen molar-refractivity contribution in [3.05, 3.63) is 84.3 Å². The van der Waals surface area contributed by atoms with Crippen molar-refractivity contribution in [1.29, 1.82) is 0 Å². The molecular weight excluding hydrogens is 346 g/mol. The Morgan fingerprint density at radius 1 is 1.08 bits per heavy atom. The van der Waals surface area contributed by atoms with Crippen molar-refractivity contribution < 1.29 is 9.52 Å². The van der Waals surface area contributed by atoms with Crippen LogP contribution in [0.25, 0.3) is 0 Å². The Kier molecular flexibility index (Phi) is 4.41. The Balaban J connectivity index is 1.66. The molecule has 2 N–H and O–H groups in total. The number of benzene rings is 2. The number of rotatable bonds is 3. The zero-order valence-electron chi connectivity index (χ0n) is 13.9. The van der Waals surface area contributed by atoms with E-state index in [0.717, 1.165) is 17.2 Å². The molecule has 2 aromatic carbocycles. The average molecular weight is 363 g/mol. The van der Waals surface area contributed by atoms with E-state index in [1.54, 1.807) is 23.4 Å². The van der Waals surface area contributed by atoms with Gasteiger partial charge in [-0.1, -0.05) is 30.3 Å². The van der Waals surface area contributed by atoms with Gasteiger partial charge in [0.25, 0.3) is 0 Å². The number of nitrogens with zero attached hydrogens (tertiary/aromatic N) is 2. The number of hydrogen-bond acceptors (Lipinski definition) is 4. The van der Waals surface area contributed by atoms with E-state index in [4.69, 9.17) is 16.6 Å². The zero-order valence-corrected chi connectivity index (χ0v) is 14.7. The maximum absolute atomic E-state index is 10.2. The van der Waals surface area contributed by atoms with Gasteiger partial charge in [-0.25, -0.2) is 5.01 Å². The topological polar surface area (TPSA) is 61.0 Å². The first-order chi connectivity index (χ1) is 12.7. The smallest absolute Gasteiger partial charge is 0.194 e. The molecule has 1 aliphatic heterocycles. The summed E-state index contributed by atoms with van der Waals surface area (Å²) in [6.45, 7) is 0. The minimum Gasteiger partial charge on any atom is -0.507 e. The van der Waals surface area contributed by atoms with Gasteiger partial charge in [0.1, 0.15) is 17.6 Å². The molecule has 1 aromatic heterocycles. The summed E-state index contributed by atoms with van der Waals surface area (Å²) in [7, 11) is 0. The van der Waals surface area contributed by atoms with E-state index in [-0.39, 0.29) is 11.8 Å². The quantitative estimate of drug-likeness (QED) is 0.669. The van der Waals surface area contributed by atoms with Gasteiger partial charge in [-0.15, -0.1) is 0 Å². The van der Waals surface area contributed by atoms with Crippen LogP contribution in [-0.2, 0) is 0 Å². The number of furan rings is 1. The normalized spacial score (nSPS) is 16.4. The fourth-order valence-corrected chi connectivity index (χ4v) is 3.27. The van der Waals surface area contributed by atoms with Crippen LogP contribution in [-0.4, -0.2) is 20.9 Å². The molecule has 0 aliphatic carbocycles. The summed E-state index contributed by atoms with van der Waals surface area (Å²) < 4.78 is 5.60. The molecule has 0 spiro atoms. The van der Waals surface area contributed by atoms with Crippen LogP contribution in [0.5, 0.6) is 5.75 Å². The standard InChI is InChI=1S/C20H17N3O2S/c24-18-10-5-4-9-15(18)16-13-17(19-11-6-12-25-19)23(22-16)20(26)21-14-7-2-1-3-8-14/h1-12,17,24H,13H2,(H,21,26)/t17-/m0/s1. The third kappa shape index (κ3) is 3.19. The summed E-state index contributed by atoms with van der Waals surface area (Å²) in [5, 5.41) is 20.3. The van der Waals surface area contributed by atoms with Crippen molar-refractivity contribution in [3.63, 3.8) is 0 Å². The van der Waals surface area contributed by atoms with Crippen LogP contribution in [0.4, 0.5) is 5.69 Å². The van der Waals surface area contributed by atoms with Crippen molar-refractivity contribution in [3.8, 4) is 5.75 Å². The third-order valence-corrected chi connectivity index (χ3v) is 4.52. The number of phenolic OH excluding ortho intramolecular Hbond substituents is 1. The maximum Gasteiger partial charge on any atom is 0.194 e. The lowest BCUT2D eigenvalue weighted by Crippen LogP contribution is -2.30. The van der Waals surface area contributed by atoms with E-state index in [1.165, 1.54) is 0 Å². The Bertz CT molecular complexity index is 939. The highest BCUT2D eigenvalue weighted by molar-refractivity contribution is 7.80. The zero-order chi connectivity index (χ0) is 17.9. The summed E-state index contributed by atoms with van der Waals surface area (Å²) in [4.78, 5) is 0. The highest BCUT2D eigenvalue weighted by atomic mass is 32.1. The Morgan fingerprint density at radius 3 is 2.58 bits per heavy atom. The van der Waals surface area contributed by atoms with Gasteiger partial charge in [0.15, 0.2) is 5.11 Å². The molecule has 26 heavy (non-hydrogen) atoms. The maximum atomic E-state index is 10.2. The van der Waals surface area contributed by atoms with Gasteiger partial charge in [0.05, 0.1) is 12.0 Å². The number of para-hydroxylation sites is 2. The van der Waals surface area contributed by atoms with Crippen LogP contribution in [0.2, 0.25) is 0 Å². The number of hydrogen-bond donors (Lipinski definition) is 2. The van der Waals surface area contributed by atoms with E-state index in [9.17, 15) is 5.11 Å². The third-order valence-electron chi connectivity index (χ3n) is 4.23. The lowest BCUT2D eigenvalue weighted by molar-refractivity contribution is 0.317. The van der Waals surface area contributed by atoms with Crippen molar-refractivity contribution in [2.24, 2.45) is 5.10 Å². The Hall–Kier alpha value is -3.12. The molecule has 5 nitrogen and oxygen atoms in total. The number of aromatic hydroxyl groups is 1. The monoisotopic (exact) mass is 363 g/mol. The number of hydrazone groups is 1. The first-order valence-corrected chi connectivity index (χ1v) is 8.68. The molecule has 4 rings (SSSR count).